The summed E-state index contributed by atoms with van der Waals surface area (Å²) in [5.74, 6) is -3.77. The number of carbonyl (C=O) groups is 2. The van der Waals surface area contributed by atoms with Crippen LogP contribution in [-0.4, -0.2) is 50.0 Å². The lowest BCUT2D eigenvalue weighted by Crippen LogP contribution is -2.26. The first-order valence-electron chi connectivity index (χ1n) is 22.9. The van der Waals surface area contributed by atoms with Crippen LogP contribution in [0.5, 0.6) is 0 Å². The van der Waals surface area contributed by atoms with Crippen molar-refractivity contribution in [1.29, 1.82) is 0 Å². The average molecular weight is 898 g/mol. The van der Waals surface area contributed by atoms with Crippen LogP contribution in [0.15, 0.2) is 97.1 Å². The summed E-state index contributed by atoms with van der Waals surface area (Å²) in [6.45, 7) is 22.5. The number of benzene rings is 3. The van der Waals surface area contributed by atoms with Gasteiger partial charge in [-0.25, -0.2) is 4.98 Å². The van der Waals surface area contributed by atoms with Crippen LogP contribution in [-0.2, 0) is 35.3 Å². The number of esters is 2. The Morgan fingerprint density at radius 1 is 0.537 bits per heavy atom. The molecule has 8 bridgehead atoms. The van der Waals surface area contributed by atoms with Crippen LogP contribution in [0.1, 0.15) is 116 Å². The molecule has 3 N–H and O–H groups in total. The number of aromatic nitrogens is 4. The highest BCUT2D eigenvalue weighted by atomic mass is 16.6. The van der Waals surface area contributed by atoms with E-state index in [1.807, 2.05) is 48.5 Å². The van der Waals surface area contributed by atoms with Crippen LogP contribution < -0.4 is 0 Å². The van der Waals surface area contributed by atoms with Gasteiger partial charge < -0.3 is 24.4 Å². The van der Waals surface area contributed by atoms with Crippen molar-refractivity contribution in [1.82, 2.24) is 19.9 Å². The van der Waals surface area contributed by atoms with Crippen molar-refractivity contribution in [3.63, 3.8) is 0 Å². The van der Waals surface area contributed by atoms with E-state index in [0.717, 1.165) is 49.9 Å². The lowest BCUT2D eigenvalue weighted by molar-refractivity contribution is -0.383. The monoisotopic (exact) mass is 897 g/mol. The molecule has 0 fully saturated rings. The molecule has 1 aliphatic rings. The van der Waals surface area contributed by atoms with E-state index in [1.54, 1.807) is 19.9 Å². The molecule has 4 aromatic heterocycles. The van der Waals surface area contributed by atoms with Crippen LogP contribution in [0.2, 0.25) is 0 Å². The summed E-state index contributed by atoms with van der Waals surface area (Å²) < 4.78 is 11.0. The number of nitrogens with zero attached hydrogens (tertiary/aromatic N) is 2. The molecule has 0 unspecified atom stereocenters. The van der Waals surface area contributed by atoms with Crippen molar-refractivity contribution in [2.75, 3.05) is 13.2 Å². The first kappa shape index (κ1) is 46.3. The standard InChI is InChI=1S/C56H59N5O6/c1-12-66-52(62)48(53(63)67-13-2)47-49-43-31-30-41(59-43)45(33-16-22-36(23-17-33)55(6,7)8)39-27-26-38(57-39)44(32-14-20-35(21-15-32)54(3,4)5)40-28-29-42(58-40)46(50(60-49)51(47)61(64)65)34-18-24-37(25-19-34)56(9,10)11/h14-31,48,57-58,60H,12-13H2,1-11H3. The fourth-order valence-corrected chi connectivity index (χ4v) is 8.90. The van der Waals surface area contributed by atoms with Crippen LogP contribution in [0, 0.1) is 10.1 Å². The fourth-order valence-electron chi connectivity index (χ4n) is 8.90. The second kappa shape index (κ2) is 17.5. The molecule has 0 saturated carbocycles. The van der Waals surface area contributed by atoms with Gasteiger partial charge in [0.2, 0.25) is 0 Å². The maximum atomic E-state index is 14.1. The quantitative estimate of drug-likeness (QED) is 0.0563. The normalized spacial score (nSPS) is 12.5. The summed E-state index contributed by atoms with van der Waals surface area (Å²) in [5.41, 5.74) is 11.0. The van der Waals surface area contributed by atoms with Gasteiger partial charge in [0.05, 0.1) is 40.6 Å². The number of ether oxygens (including phenoxy) is 2. The molecule has 67 heavy (non-hydrogen) atoms. The Labute approximate surface area is 391 Å². The minimum Gasteiger partial charge on any atom is -0.465 e. The summed E-state index contributed by atoms with van der Waals surface area (Å²) in [5, 5.41) is 13.9. The predicted molar refractivity (Wildman–Crippen MR) is 270 cm³/mol. The van der Waals surface area contributed by atoms with Gasteiger partial charge in [-0.15, -0.1) is 0 Å². The van der Waals surface area contributed by atoms with Crippen molar-refractivity contribution in [2.24, 2.45) is 0 Å². The van der Waals surface area contributed by atoms with E-state index in [-0.39, 0.29) is 51.7 Å². The minimum atomic E-state index is -1.82. The van der Waals surface area contributed by atoms with Crippen LogP contribution >= 0.6 is 0 Å². The molecule has 0 aliphatic carbocycles. The Hall–Kier alpha value is -7.27. The van der Waals surface area contributed by atoms with Gasteiger partial charge in [0.15, 0.2) is 5.92 Å². The Morgan fingerprint density at radius 2 is 0.910 bits per heavy atom. The molecule has 0 radical (unpaired) electrons. The van der Waals surface area contributed by atoms with Gasteiger partial charge in [-0.2, -0.15) is 0 Å². The summed E-state index contributed by atoms with van der Waals surface area (Å²) in [7, 11) is 0. The molecular weight excluding hydrogens is 839 g/mol. The highest BCUT2D eigenvalue weighted by Crippen LogP contribution is 2.44. The number of fused-ring (bicyclic) bond motifs is 9. The number of nitrogens with one attached hydrogen (secondary N) is 3. The Kier molecular flexibility index (Phi) is 12.1. The molecule has 7 aromatic rings. The molecule has 11 heteroatoms. The third-order valence-electron chi connectivity index (χ3n) is 12.5. The molecule has 3 aromatic carbocycles. The molecule has 0 atom stereocenters. The topological polar surface area (TPSA) is 156 Å². The number of carbonyl (C=O) groups excluding carboxylic acids is 2. The van der Waals surface area contributed by atoms with Crippen molar-refractivity contribution >= 4 is 62.9 Å². The first-order chi connectivity index (χ1) is 31.7. The molecule has 8 rings (SSSR count). The van der Waals surface area contributed by atoms with Gasteiger partial charge in [-0.1, -0.05) is 135 Å². The van der Waals surface area contributed by atoms with Gasteiger partial charge in [0.1, 0.15) is 5.52 Å². The number of hydrogen-bond acceptors (Lipinski definition) is 7. The molecule has 1 aliphatic heterocycles. The fraction of sp³-hybridized carbons (Fsp3) is 0.304. The zero-order chi connectivity index (χ0) is 48.2. The molecule has 0 saturated heterocycles. The van der Waals surface area contributed by atoms with Crippen LogP contribution in [0.25, 0.3) is 78.6 Å². The van der Waals surface area contributed by atoms with E-state index in [0.29, 0.717) is 22.3 Å². The Balaban J connectivity index is 1.62. The lowest BCUT2D eigenvalue weighted by Gasteiger charge is -2.19. The van der Waals surface area contributed by atoms with Crippen molar-refractivity contribution < 1.29 is 24.0 Å². The number of rotatable bonds is 9. The van der Waals surface area contributed by atoms with E-state index < -0.39 is 28.5 Å². The second-order valence-electron chi connectivity index (χ2n) is 20.2. The van der Waals surface area contributed by atoms with Crippen molar-refractivity contribution in [2.45, 2.75) is 98.3 Å². The Bertz CT molecular complexity index is 3180. The molecule has 344 valence electrons. The van der Waals surface area contributed by atoms with Crippen molar-refractivity contribution in [3.8, 4) is 33.4 Å². The number of aromatic amines is 3. The summed E-state index contributed by atoms with van der Waals surface area (Å²) in [4.78, 5) is 57.5. The Morgan fingerprint density at radius 3 is 1.31 bits per heavy atom. The van der Waals surface area contributed by atoms with Gasteiger partial charge in [0.25, 0.3) is 5.69 Å². The van der Waals surface area contributed by atoms with E-state index in [2.05, 4.69) is 132 Å². The van der Waals surface area contributed by atoms with Gasteiger partial charge >= 0.3 is 11.9 Å². The second-order valence-corrected chi connectivity index (χ2v) is 20.2. The number of H-pyrrole nitrogens is 3. The van der Waals surface area contributed by atoms with Gasteiger partial charge in [-0.05, 0) is 99.9 Å². The van der Waals surface area contributed by atoms with E-state index in [9.17, 15) is 19.7 Å². The SMILES string of the molecule is CCOC(=O)C(C(=O)OCC)c1c([N+](=O)[O-])c2[nH]c1c1nc(c(-c3ccc(C(C)(C)C)cc3)c3ccc([nH]3)c(-c3ccc(C(C)(C)C)cc3)c3ccc([nH]3)c2-c2ccc(C(C)(C)C)cc2)C=C1. The zero-order valence-corrected chi connectivity index (χ0v) is 40.2. The predicted octanol–water partition coefficient (Wildman–Crippen LogP) is 13.7. The molecule has 11 nitrogen and oxygen atoms in total. The highest BCUT2D eigenvalue weighted by Gasteiger charge is 2.42. The van der Waals surface area contributed by atoms with Gasteiger partial charge in [-0.3, -0.25) is 19.7 Å². The largest absolute Gasteiger partial charge is 0.465 e. The molecule has 5 heterocycles. The van der Waals surface area contributed by atoms with E-state index in [1.165, 1.54) is 5.56 Å². The third-order valence-corrected chi connectivity index (χ3v) is 12.5. The van der Waals surface area contributed by atoms with E-state index >= 15 is 0 Å². The number of hydrogen-bond donors (Lipinski definition) is 3. The highest BCUT2D eigenvalue weighted by molar-refractivity contribution is 6.10. The summed E-state index contributed by atoms with van der Waals surface area (Å²) >= 11 is 0. The zero-order valence-electron chi connectivity index (χ0n) is 40.2. The molecule has 0 spiro atoms. The van der Waals surface area contributed by atoms with E-state index in [4.69, 9.17) is 14.5 Å². The third kappa shape index (κ3) is 8.90. The maximum Gasteiger partial charge on any atom is 0.325 e. The van der Waals surface area contributed by atoms with Gasteiger partial charge in [0, 0.05) is 38.8 Å². The lowest BCUT2D eigenvalue weighted by atomic mass is 9.86. The first-order valence-corrected chi connectivity index (χ1v) is 22.9. The van der Waals surface area contributed by atoms with Crippen LogP contribution in [0.3, 0.4) is 0 Å². The maximum absolute atomic E-state index is 14.1. The molecular formula is C56H59N5O6. The minimum absolute atomic E-state index is 0.0705. The smallest absolute Gasteiger partial charge is 0.325 e. The number of nitro groups is 1. The summed E-state index contributed by atoms with van der Waals surface area (Å²) in [6, 6.07) is 32.9. The van der Waals surface area contributed by atoms with Crippen LogP contribution in [0.4, 0.5) is 5.69 Å². The average Bonchev–Trinajstić information content (AvgIpc) is 4.10. The summed E-state index contributed by atoms with van der Waals surface area (Å²) in [6.07, 6.45) is 3.61. The van der Waals surface area contributed by atoms with Crippen molar-refractivity contribution in [3.05, 3.63) is 141 Å². The molecule has 0 amide bonds.